The van der Waals surface area contributed by atoms with Crippen LogP contribution in [0.4, 0.5) is 0 Å². The van der Waals surface area contributed by atoms with Crippen molar-refractivity contribution in [1.29, 1.82) is 0 Å². The van der Waals surface area contributed by atoms with Crippen molar-refractivity contribution >= 4 is 44.8 Å². The molecule has 0 aliphatic carbocycles. The number of halogens is 2. The zero-order chi connectivity index (χ0) is 10.7. The molecule has 0 aromatic carbocycles. The molecular weight excluding hydrogens is 288 g/mol. The van der Waals surface area contributed by atoms with Gasteiger partial charge in [-0.1, -0.05) is 0 Å². The van der Waals surface area contributed by atoms with Crippen molar-refractivity contribution in [3.8, 4) is 0 Å². The summed E-state index contributed by atoms with van der Waals surface area (Å²) in [4.78, 5) is 13.2. The van der Waals surface area contributed by atoms with E-state index >= 15 is 0 Å². The highest BCUT2D eigenvalue weighted by Gasteiger charge is 2.21. The Morgan fingerprint density at radius 3 is 2.86 bits per heavy atom. The van der Waals surface area contributed by atoms with Gasteiger partial charge in [-0.15, -0.1) is 22.9 Å². The molecule has 1 atom stereocenters. The van der Waals surface area contributed by atoms with E-state index in [1.807, 2.05) is 13.0 Å². The first-order valence-corrected chi connectivity index (χ1v) is 6.17. The maximum atomic E-state index is 11.3. The van der Waals surface area contributed by atoms with E-state index in [-0.39, 0.29) is 5.97 Å². The molecule has 0 bridgehead atoms. The van der Waals surface area contributed by atoms with Crippen LogP contribution in [0, 0.1) is 6.92 Å². The SMILES string of the molecule is CCOC(=O)C(Cl)c1cc(Br)c(C)s1. The molecule has 1 heterocycles. The van der Waals surface area contributed by atoms with Crippen LogP contribution in [0.25, 0.3) is 0 Å². The van der Waals surface area contributed by atoms with Crippen molar-refractivity contribution in [2.75, 3.05) is 6.61 Å². The summed E-state index contributed by atoms with van der Waals surface area (Å²) < 4.78 is 5.81. The van der Waals surface area contributed by atoms with Crippen LogP contribution < -0.4 is 0 Å². The molecule has 5 heteroatoms. The average Bonchev–Trinajstić information content (AvgIpc) is 2.46. The summed E-state index contributed by atoms with van der Waals surface area (Å²) in [5, 5.41) is -0.690. The molecule has 1 rings (SSSR count). The fourth-order valence-corrected chi connectivity index (χ4v) is 2.73. The van der Waals surface area contributed by atoms with Crippen LogP contribution >= 0.6 is 38.9 Å². The number of carbonyl (C=O) groups is 1. The fourth-order valence-electron chi connectivity index (χ4n) is 0.938. The van der Waals surface area contributed by atoms with Crippen LogP contribution in [0.5, 0.6) is 0 Å². The number of aryl methyl sites for hydroxylation is 1. The van der Waals surface area contributed by atoms with Crippen LogP contribution in [0.2, 0.25) is 0 Å². The lowest BCUT2D eigenvalue weighted by atomic mass is 10.3. The van der Waals surface area contributed by atoms with E-state index in [1.165, 1.54) is 11.3 Å². The number of carbonyl (C=O) groups excluding carboxylic acids is 1. The molecule has 0 radical (unpaired) electrons. The number of ether oxygens (including phenoxy) is 1. The first kappa shape index (κ1) is 12.0. The highest BCUT2D eigenvalue weighted by molar-refractivity contribution is 9.10. The van der Waals surface area contributed by atoms with E-state index < -0.39 is 5.38 Å². The molecule has 14 heavy (non-hydrogen) atoms. The normalized spacial score (nSPS) is 12.6. The Morgan fingerprint density at radius 2 is 2.43 bits per heavy atom. The fraction of sp³-hybridized carbons (Fsp3) is 0.444. The van der Waals surface area contributed by atoms with Crippen LogP contribution in [-0.2, 0) is 9.53 Å². The molecule has 0 fully saturated rings. The minimum atomic E-state index is -0.690. The summed E-state index contributed by atoms with van der Waals surface area (Å²) in [5.74, 6) is -0.386. The maximum absolute atomic E-state index is 11.3. The standard InChI is InChI=1S/C9H10BrClO2S/c1-3-13-9(12)8(11)7-4-6(10)5(2)14-7/h4,8H,3H2,1-2H3. The number of alkyl halides is 1. The summed E-state index contributed by atoms with van der Waals surface area (Å²) in [7, 11) is 0. The zero-order valence-corrected chi connectivity index (χ0v) is 11.0. The summed E-state index contributed by atoms with van der Waals surface area (Å²) in [6, 6.07) is 1.86. The van der Waals surface area contributed by atoms with Gasteiger partial charge in [0.15, 0.2) is 5.38 Å². The Morgan fingerprint density at radius 1 is 1.79 bits per heavy atom. The first-order valence-electron chi connectivity index (χ1n) is 4.12. The third kappa shape index (κ3) is 2.72. The molecule has 78 valence electrons. The predicted octanol–water partition coefficient (Wildman–Crippen LogP) is 3.66. The average molecular weight is 298 g/mol. The minimum Gasteiger partial charge on any atom is -0.465 e. The van der Waals surface area contributed by atoms with Crippen molar-refractivity contribution < 1.29 is 9.53 Å². The largest absolute Gasteiger partial charge is 0.465 e. The van der Waals surface area contributed by atoms with Gasteiger partial charge in [0.1, 0.15) is 0 Å². The van der Waals surface area contributed by atoms with Crippen LogP contribution in [0.15, 0.2) is 10.5 Å². The molecule has 0 saturated carbocycles. The van der Waals surface area contributed by atoms with Crippen LogP contribution in [-0.4, -0.2) is 12.6 Å². The number of rotatable bonds is 3. The minimum absolute atomic E-state index is 0.355. The number of thiophene rings is 1. The Labute approximate surface area is 100 Å². The number of hydrogen-bond donors (Lipinski definition) is 0. The van der Waals surface area contributed by atoms with Gasteiger partial charge >= 0.3 is 5.97 Å². The van der Waals surface area contributed by atoms with Crippen molar-refractivity contribution in [2.24, 2.45) is 0 Å². The highest BCUT2D eigenvalue weighted by atomic mass is 79.9. The molecule has 1 aromatic rings. The molecular formula is C9H10BrClO2S. The van der Waals surface area contributed by atoms with E-state index in [9.17, 15) is 4.79 Å². The summed E-state index contributed by atoms with van der Waals surface area (Å²) in [6.45, 7) is 4.08. The zero-order valence-electron chi connectivity index (χ0n) is 7.84. The maximum Gasteiger partial charge on any atom is 0.329 e. The second-order valence-electron chi connectivity index (χ2n) is 2.67. The Bertz CT molecular complexity index is 318. The van der Waals surface area contributed by atoms with E-state index in [1.54, 1.807) is 6.92 Å². The molecule has 1 aromatic heterocycles. The van der Waals surface area contributed by atoms with Gasteiger partial charge in [-0.05, 0) is 35.8 Å². The molecule has 0 saturated heterocycles. The summed E-state index contributed by atoms with van der Waals surface area (Å²) in [6.07, 6.45) is 0. The predicted molar refractivity (Wildman–Crippen MR) is 62.0 cm³/mol. The Hall–Kier alpha value is -0.0600. The summed E-state index contributed by atoms with van der Waals surface area (Å²) >= 11 is 10.8. The van der Waals surface area contributed by atoms with Gasteiger partial charge in [0.25, 0.3) is 0 Å². The van der Waals surface area contributed by atoms with Gasteiger partial charge in [-0.25, -0.2) is 0 Å². The molecule has 2 nitrogen and oxygen atoms in total. The Kier molecular flexibility index (Phi) is 4.41. The van der Waals surface area contributed by atoms with E-state index in [0.717, 1.165) is 14.2 Å². The highest BCUT2D eigenvalue weighted by Crippen LogP contribution is 2.34. The van der Waals surface area contributed by atoms with Crippen molar-refractivity contribution in [3.05, 3.63) is 20.3 Å². The van der Waals surface area contributed by atoms with E-state index in [4.69, 9.17) is 16.3 Å². The smallest absolute Gasteiger partial charge is 0.329 e. The van der Waals surface area contributed by atoms with E-state index in [0.29, 0.717) is 6.61 Å². The molecule has 0 aliphatic heterocycles. The lowest BCUT2D eigenvalue weighted by molar-refractivity contribution is -0.142. The van der Waals surface area contributed by atoms with E-state index in [2.05, 4.69) is 15.9 Å². The second-order valence-corrected chi connectivity index (χ2v) is 5.25. The van der Waals surface area contributed by atoms with Gasteiger partial charge in [0.2, 0.25) is 0 Å². The Balaban J connectivity index is 2.78. The van der Waals surface area contributed by atoms with Gasteiger partial charge in [-0.2, -0.15) is 0 Å². The molecule has 0 N–H and O–H groups in total. The lowest BCUT2D eigenvalue weighted by Crippen LogP contribution is -2.09. The van der Waals surface area contributed by atoms with Crippen molar-refractivity contribution in [3.63, 3.8) is 0 Å². The topological polar surface area (TPSA) is 26.3 Å². The first-order chi connectivity index (χ1) is 6.56. The van der Waals surface area contributed by atoms with Crippen LogP contribution in [0.3, 0.4) is 0 Å². The molecule has 0 aliphatic rings. The third-order valence-electron chi connectivity index (χ3n) is 1.62. The van der Waals surface area contributed by atoms with Gasteiger partial charge < -0.3 is 4.74 Å². The lowest BCUT2D eigenvalue weighted by Gasteiger charge is -2.05. The van der Waals surface area contributed by atoms with Gasteiger partial charge in [-0.3, -0.25) is 4.79 Å². The molecule has 1 unspecified atom stereocenters. The number of esters is 1. The second kappa shape index (κ2) is 5.14. The van der Waals surface area contributed by atoms with Gasteiger partial charge in [0.05, 0.1) is 6.61 Å². The summed E-state index contributed by atoms with van der Waals surface area (Å²) in [5.41, 5.74) is 0. The monoisotopic (exact) mass is 296 g/mol. The number of hydrogen-bond acceptors (Lipinski definition) is 3. The van der Waals surface area contributed by atoms with Crippen LogP contribution in [0.1, 0.15) is 22.1 Å². The third-order valence-corrected chi connectivity index (χ3v) is 4.36. The molecule has 0 spiro atoms. The van der Waals surface area contributed by atoms with Crippen molar-refractivity contribution in [1.82, 2.24) is 0 Å². The quantitative estimate of drug-likeness (QED) is 0.628. The molecule has 0 amide bonds. The van der Waals surface area contributed by atoms with Crippen molar-refractivity contribution in [2.45, 2.75) is 19.2 Å². The van der Waals surface area contributed by atoms with Gasteiger partial charge in [0, 0.05) is 14.2 Å².